The van der Waals surface area contributed by atoms with Crippen molar-refractivity contribution in [1.82, 2.24) is 24.7 Å². The third-order valence-electron chi connectivity index (χ3n) is 5.19. The summed E-state index contributed by atoms with van der Waals surface area (Å²) >= 11 is 0. The minimum atomic E-state index is -0.131. The maximum atomic E-state index is 12.0. The van der Waals surface area contributed by atoms with Gasteiger partial charge in [0, 0.05) is 25.6 Å². The zero-order valence-electron chi connectivity index (χ0n) is 15.0. The number of ether oxygens (including phenoxy) is 1. The molecule has 0 N–H and O–H groups in total. The molecule has 0 bridgehead atoms. The summed E-state index contributed by atoms with van der Waals surface area (Å²) in [6.45, 7) is 6.54. The number of aryl methyl sites for hydroxylation is 1. The molecule has 3 rings (SSSR count). The molecule has 1 saturated heterocycles. The molecule has 0 saturated carbocycles. The zero-order chi connectivity index (χ0) is 17.7. The van der Waals surface area contributed by atoms with Gasteiger partial charge in [-0.1, -0.05) is 24.3 Å². The highest BCUT2D eigenvalue weighted by molar-refractivity contribution is 5.26. The number of aromatic nitrogens is 4. The first-order valence-corrected chi connectivity index (χ1v) is 8.87. The lowest BCUT2D eigenvalue weighted by Gasteiger charge is -2.42. The number of likely N-dealkylation sites (tertiary alicyclic amines) is 1. The summed E-state index contributed by atoms with van der Waals surface area (Å²) in [6.07, 6.45) is 2.09. The largest absolute Gasteiger partial charge is 0.384 e. The predicted molar refractivity (Wildman–Crippen MR) is 94.5 cm³/mol. The van der Waals surface area contributed by atoms with E-state index in [9.17, 15) is 4.79 Å². The smallest absolute Gasteiger partial charge is 0.363 e. The van der Waals surface area contributed by atoms with Crippen molar-refractivity contribution < 1.29 is 4.74 Å². The van der Waals surface area contributed by atoms with Gasteiger partial charge in [0.05, 0.1) is 13.2 Å². The quantitative estimate of drug-likeness (QED) is 0.748. The van der Waals surface area contributed by atoms with E-state index in [1.165, 1.54) is 14.9 Å². The molecule has 1 fully saturated rings. The highest BCUT2D eigenvalue weighted by Crippen LogP contribution is 2.35. The molecule has 0 aliphatic carbocycles. The van der Waals surface area contributed by atoms with Gasteiger partial charge in [0.25, 0.3) is 0 Å². The fourth-order valence-electron chi connectivity index (χ4n) is 3.62. The average Bonchev–Trinajstić information content (AvgIpc) is 3.02. The first-order valence-electron chi connectivity index (χ1n) is 8.87. The van der Waals surface area contributed by atoms with Gasteiger partial charge in [0.15, 0.2) is 0 Å². The summed E-state index contributed by atoms with van der Waals surface area (Å²) in [6, 6.07) is 11.3. The van der Waals surface area contributed by atoms with Crippen LogP contribution < -0.4 is 5.69 Å². The molecule has 1 aliphatic rings. The van der Waals surface area contributed by atoms with Gasteiger partial charge in [-0.25, -0.2) is 4.79 Å². The Balaban J connectivity index is 1.60. The molecule has 2 heterocycles. The summed E-state index contributed by atoms with van der Waals surface area (Å²) < 4.78 is 8.37. The summed E-state index contributed by atoms with van der Waals surface area (Å²) in [7, 11) is 1.77. The maximum Gasteiger partial charge on any atom is 0.363 e. The molecule has 0 atom stereocenters. The van der Waals surface area contributed by atoms with Crippen LogP contribution in [0, 0.1) is 6.07 Å². The Morgan fingerprint density at radius 3 is 2.44 bits per heavy atom. The average molecular weight is 344 g/mol. The second-order valence-electron chi connectivity index (χ2n) is 6.64. The lowest BCUT2D eigenvalue weighted by Crippen LogP contribution is -2.46. The Bertz CT molecular complexity index is 717. The van der Waals surface area contributed by atoms with E-state index in [0.29, 0.717) is 13.1 Å². The monoisotopic (exact) mass is 344 g/mol. The molecule has 25 heavy (non-hydrogen) atoms. The number of tetrazole rings is 1. The number of hydrogen-bond donors (Lipinski definition) is 0. The zero-order valence-corrected chi connectivity index (χ0v) is 15.0. The Labute approximate surface area is 148 Å². The van der Waals surface area contributed by atoms with Crippen LogP contribution in [0.1, 0.15) is 25.3 Å². The van der Waals surface area contributed by atoms with Crippen LogP contribution in [0.4, 0.5) is 0 Å². The van der Waals surface area contributed by atoms with Gasteiger partial charge in [-0.2, -0.15) is 9.36 Å². The number of nitrogens with zero attached hydrogens (tertiary/aromatic N) is 5. The summed E-state index contributed by atoms with van der Waals surface area (Å²) in [5.74, 6) is 0. The molecule has 7 nitrogen and oxygen atoms in total. The Morgan fingerprint density at radius 2 is 1.84 bits per heavy atom. The minimum absolute atomic E-state index is 0.0720. The van der Waals surface area contributed by atoms with E-state index in [-0.39, 0.29) is 11.1 Å². The second kappa shape index (κ2) is 7.93. The van der Waals surface area contributed by atoms with Crippen LogP contribution in [0.15, 0.2) is 29.1 Å². The number of benzene rings is 1. The van der Waals surface area contributed by atoms with Gasteiger partial charge < -0.3 is 9.64 Å². The highest BCUT2D eigenvalue weighted by atomic mass is 16.5. The molecule has 135 valence electrons. The summed E-state index contributed by atoms with van der Waals surface area (Å²) in [5.41, 5.74) is 1.27. The fourth-order valence-corrected chi connectivity index (χ4v) is 3.62. The van der Waals surface area contributed by atoms with Crippen LogP contribution >= 0.6 is 0 Å². The van der Waals surface area contributed by atoms with Gasteiger partial charge in [-0.3, -0.25) is 0 Å². The van der Waals surface area contributed by atoms with Crippen molar-refractivity contribution in [2.75, 3.05) is 33.4 Å². The molecular formula is C18H26N5O2. The van der Waals surface area contributed by atoms with E-state index < -0.39 is 0 Å². The fraction of sp³-hybridized carbons (Fsp3) is 0.611. The normalized spacial score (nSPS) is 17.7. The van der Waals surface area contributed by atoms with Gasteiger partial charge in [0.2, 0.25) is 0 Å². The summed E-state index contributed by atoms with van der Waals surface area (Å²) in [5, 5.41) is 7.81. The van der Waals surface area contributed by atoms with Crippen LogP contribution in [0.2, 0.25) is 0 Å². The molecule has 1 radical (unpaired) electrons. The molecule has 2 aromatic rings. The molecule has 1 aromatic heterocycles. The molecule has 1 aromatic carbocycles. The first-order chi connectivity index (χ1) is 12.2. The SMILES string of the molecule is CCn1nnn(CCN2CCC(COC)(c3cc[c]cc3)CC2)c1=O. The van der Waals surface area contributed by atoms with E-state index in [1.54, 1.807) is 7.11 Å². The molecule has 0 unspecified atom stereocenters. The van der Waals surface area contributed by atoms with E-state index in [2.05, 4.69) is 33.5 Å². The highest BCUT2D eigenvalue weighted by Gasteiger charge is 2.36. The molecular weight excluding hydrogens is 318 g/mol. The topological polar surface area (TPSA) is 65.2 Å². The van der Waals surface area contributed by atoms with E-state index in [0.717, 1.165) is 39.1 Å². The molecule has 7 heteroatoms. The Hall–Kier alpha value is -1.99. The van der Waals surface area contributed by atoms with Crippen LogP contribution in [-0.4, -0.2) is 58.0 Å². The lowest BCUT2D eigenvalue weighted by atomic mass is 9.73. The first kappa shape index (κ1) is 17.8. The van der Waals surface area contributed by atoms with E-state index >= 15 is 0 Å². The van der Waals surface area contributed by atoms with Crippen molar-refractivity contribution in [3.8, 4) is 0 Å². The summed E-state index contributed by atoms with van der Waals surface area (Å²) in [4.78, 5) is 14.4. The van der Waals surface area contributed by atoms with Crippen LogP contribution in [0.3, 0.4) is 0 Å². The van der Waals surface area contributed by atoms with E-state index in [1.807, 2.05) is 19.1 Å². The van der Waals surface area contributed by atoms with Gasteiger partial charge in [-0.15, -0.1) is 0 Å². The van der Waals surface area contributed by atoms with Gasteiger partial charge in [0.1, 0.15) is 0 Å². The van der Waals surface area contributed by atoms with Gasteiger partial charge >= 0.3 is 5.69 Å². The predicted octanol–water partition coefficient (Wildman–Crippen LogP) is 0.940. The third kappa shape index (κ3) is 3.82. The lowest BCUT2D eigenvalue weighted by molar-refractivity contribution is 0.0710. The van der Waals surface area contributed by atoms with Crippen molar-refractivity contribution in [3.63, 3.8) is 0 Å². The van der Waals surface area contributed by atoms with Gasteiger partial charge in [-0.05, 0) is 54.9 Å². The standard InChI is InChI=1S/C18H26N5O2/c1-3-22-17(24)23(20-19-22)14-13-21-11-9-18(10-12-21,15-25-2)16-7-5-4-6-8-16/h5-8H,3,9-15H2,1-2H3. The van der Waals surface area contributed by atoms with Crippen LogP contribution in [0.5, 0.6) is 0 Å². The maximum absolute atomic E-state index is 12.0. The molecule has 0 spiro atoms. The van der Waals surface area contributed by atoms with Crippen LogP contribution in [0.25, 0.3) is 0 Å². The molecule has 1 aliphatic heterocycles. The number of hydrogen-bond acceptors (Lipinski definition) is 5. The third-order valence-corrected chi connectivity index (χ3v) is 5.19. The van der Waals surface area contributed by atoms with Crippen molar-refractivity contribution >= 4 is 0 Å². The number of methoxy groups -OCH3 is 1. The second-order valence-corrected chi connectivity index (χ2v) is 6.64. The number of piperidine rings is 1. The van der Waals surface area contributed by atoms with Crippen molar-refractivity contribution in [2.45, 2.75) is 38.3 Å². The van der Waals surface area contributed by atoms with Crippen LogP contribution in [-0.2, 0) is 23.2 Å². The van der Waals surface area contributed by atoms with E-state index in [4.69, 9.17) is 4.74 Å². The minimum Gasteiger partial charge on any atom is -0.384 e. The van der Waals surface area contributed by atoms with Crippen molar-refractivity contribution in [1.29, 1.82) is 0 Å². The van der Waals surface area contributed by atoms with Crippen molar-refractivity contribution in [3.05, 3.63) is 46.4 Å². The number of rotatable bonds is 7. The Morgan fingerprint density at radius 1 is 1.16 bits per heavy atom. The Kier molecular flexibility index (Phi) is 5.65. The van der Waals surface area contributed by atoms with Crippen molar-refractivity contribution in [2.24, 2.45) is 0 Å². The molecule has 0 amide bonds.